The van der Waals surface area contributed by atoms with E-state index in [-0.39, 0.29) is 0 Å². The van der Waals surface area contributed by atoms with Crippen LogP contribution in [0.4, 0.5) is 0 Å². The molecule has 2 aliphatic heterocycles. The van der Waals surface area contributed by atoms with Gasteiger partial charge in [0.05, 0.1) is 13.2 Å². The van der Waals surface area contributed by atoms with E-state index >= 15 is 0 Å². The molecule has 2 saturated carbocycles. The van der Waals surface area contributed by atoms with Crippen LogP contribution in [-0.2, 0) is 9.47 Å². The Kier molecular flexibility index (Phi) is 7.48. The van der Waals surface area contributed by atoms with Crippen molar-refractivity contribution in [2.24, 2.45) is 22.7 Å². The Hall–Kier alpha value is -0.850. The molecule has 4 aliphatic rings. The van der Waals surface area contributed by atoms with Crippen LogP contribution in [0.5, 0.6) is 0 Å². The van der Waals surface area contributed by atoms with E-state index < -0.39 is 0 Å². The summed E-state index contributed by atoms with van der Waals surface area (Å²) in [6.07, 6.45) is 8.09. The summed E-state index contributed by atoms with van der Waals surface area (Å²) < 4.78 is 11.2. The molecular weight excluding hydrogens is 352 g/mol. The number of nitrogens with one attached hydrogen (secondary N) is 1. The van der Waals surface area contributed by atoms with E-state index in [9.17, 15) is 0 Å². The van der Waals surface area contributed by atoms with Crippen LogP contribution in [0, 0.1) is 17.8 Å². The van der Waals surface area contributed by atoms with Crippen LogP contribution in [0.1, 0.15) is 45.4 Å². The van der Waals surface area contributed by atoms with Crippen LogP contribution < -0.4 is 5.32 Å². The predicted octanol–water partition coefficient (Wildman–Crippen LogP) is 2.20. The summed E-state index contributed by atoms with van der Waals surface area (Å²) in [7, 11) is 0. The Morgan fingerprint density at radius 2 is 2.04 bits per heavy atom. The lowest BCUT2D eigenvalue weighted by molar-refractivity contribution is 0.0889. The molecule has 4 rings (SSSR count). The number of guanidine groups is 1. The molecule has 2 aliphatic carbocycles. The molecular formula is C22H40N4O2. The molecule has 4 fully saturated rings. The number of fused-ring (bicyclic) bond motifs is 2. The molecule has 0 aromatic carbocycles. The summed E-state index contributed by atoms with van der Waals surface area (Å²) >= 11 is 0. The van der Waals surface area contributed by atoms with Crippen molar-refractivity contribution in [1.82, 2.24) is 15.1 Å². The SMILES string of the molecule is CCNC(=NCCCOCC1CCOC1)N1CCN(C2CC3CCC2C3)CC1. The number of hydrogen-bond donors (Lipinski definition) is 1. The molecule has 0 spiro atoms. The second-order valence-corrected chi connectivity index (χ2v) is 9.16. The number of rotatable bonds is 8. The van der Waals surface area contributed by atoms with Gasteiger partial charge >= 0.3 is 0 Å². The van der Waals surface area contributed by atoms with E-state index in [1.54, 1.807) is 0 Å². The maximum atomic E-state index is 5.81. The van der Waals surface area contributed by atoms with Crippen LogP contribution in [0.15, 0.2) is 4.99 Å². The molecule has 2 saturated heterocycles. The van der Waals surface area contributed by atoms with Crippen LogP contribution >= 0.6 is 0 Å². The van der Waals surface area contributed by atoms with Gasteiger partial charge < -0.3 is 19.7 Å². The van der Waals surface area contributed by atoms with Crippen molar-refractivity contribution in [3.63, 3.8) is 0 Å². The Labute approximate surface area is 171 Å². The van der Waals surface area contributed by atoms with Gasteiger partial charge in [-0.15, -0.1) is 0 Å². The van der Waals surface area contributed by atoms with E-state index in [2.05, 4.69) is 22.0 Å². The average Bonchev–Trinajstić information content (AvgIpc) is 3.48. The summed E-state index contributed by atoms with van der Waals surface area (Å²) in [5.41, 5.74) is 0. The van der Waals surface area contributed by atoms with E-state index in [4.69, 9.17) is 14.5 Å². The summed E-state index contributed by atoms with van der Waals surface area (Å²) in [6, 6.07) is 0.878. The highest BCUT2D eigenvalue weighted by Gasteiger charge is 2.42. The van der Waals surface area contributed by atoms with Crippen molar-refractivity contribution in [2.45, 2.75) is 51.5 Å². The van der Waals surface area contributed by atoms with Crippen molar-refractivity contribution in [3.05, 3.63) is 0 Å². The molecule has 160 valence electrons. The summed E-state index contributed by atoms with van der Waals surface area (Å²) in [4.78, 5) is 10.1. The van der Waals surface area contributed by atoms with Gasteiger partial charge in [0.15, 0.2) is 5.96 Å². The zero-order chi connectivity index (χ0) is 19.2. The van der Waals surface area contributed by atoms with Gasteiger partial charge in [0, 0.05) is 64.4 Å². The highest BCUT2D eigenvalue weighted by molar-refractivity contribution is 5.80. The van der Waals surface area contributed by atoms with Gasteiger partial charge in [0.25, 0.3) is 0 Å². The Morgan fingerprint density at radius 1 is 1.14 bits per heavy atom. The minimum absolute atomic E-state index is 0.604. The first kappa shape index (κ1) is 20.4. The third-order valence-electron chi connectivity index (χ3n) is 7.20. The molecule has 0 aromatic heterocycles. The van der Waals surface area contributed by atoms with Gasteiger partial charge in [-0.3, -0.25) is 9.89 Å². The smallest absolute Gasteiger partial charge is 0.194 e. The quantitative estimate of drug-likeness (QED) is 0.390. The molecule has 4 unspecified atom stereocenters. The molecule has 2 heterocycles. The minimum Gasteiger partial charge on any atom is -0.381 e. The molecule has 2 bridgehead atoms. The van der Waals surface area contributed by atoms with Gasteiger partial charge in [-0.05, 0) is 50.9 Å². The van der Waals surface area contributed by atoms with E-state index in [1.165, 1.54) is 38.8 Å². The van der Waals surface area contributed by atoms with Gasteiger partial charge in [-0.25, -0.2) is 0 Å². The largest absolute Gasteiger partial charge is 0.381 e. The Balaban J connectivity index is 1.16. The molecule has 28 heavy (non-hydrogen) atoms. The number of piperazine rings is 1. The fourth-order valence-electron chi connectivity index (χ4n) is 5.67. The number of hydrogen-bond acceptors (Lipinski definition) is 4. The predicted molar refractivity (Wildman–Crippen MR) is 113 cm³/mol. The van der Waals surface area contributed by atoms with Crippen molar-refractivity contribution < 1.29 is 9.47 Å². The lowest BCUT2D eigenvalue weighted by Crippen LogP contribution is -2.55. The van der Waals surface area contributed by atoms with Crippen LogP contribution in [0.3, 0.4) is 0 Å². The molecule has 6 heteroatoms. The number of ether oxygens (including phenoxy) is 2. The van der Waals surface area contributed by atoms with Crippen LogP contribution in [0.25, 0.3) is 0 Å². The zero-order valence-corrected chi connectivity index (χ0v) is 17.8. The topological polar surface area (TPSA) is 49.3 Å². The first-order valence-electron chi connectivity index (χ1n) is 11.8. The standard InChI is InChI=1S/C22H40N4O2/c1-2-23-22(24-7-3-12-27-16-19-6-13-28-17-19)26-10-8-25(9-11-26)21-15-18-4-5-20(21)14-18/h18-21H,2-17H2,1H3,(H,23,24). The highest BCUT2D eigenvalue weighted by Crippen LogP contribution is 2.46. The first-order valence-corrected chi connectivity index (χ1v) is 11.8. The van der Waals surface area contributed by atoms with E-state index in [1.807, 2.05) is 0 Å². The molecule has 0 radical (unpaired) electrons. The molecule has 0 aromatic rings. The van der Waals surface area contributed by atoms with Gasteiger partial charge in [0.2, 0.25) is 0 Å². The summed E-state index contributed by atoms with van der Waals surface area (Å²) in [6.45, 7) is 12.0. The summed E-state index contributed by atoms with van der Waals surface area (Å²) in [5.74, 6) is 3.73. The monoisotopic (exact) mass is 392 g/mol. The van der Waals surface area contributed by atoms with Crippen LogP contribution in [0.2, 0.25) is 0 Å². The lowest BCUT2D eigenvalue weighted by atomic mass is 9.93. The molecule has 0 amide bonds. The van der Waals surface area contributed by atoms with Crippen LogP contribution in [-0.4, -0.2) is 87.5 Å². The second-order valence-electron chi connectivity index (χ2n) is 9.16. The summed E-state index contributed by atoms with van der Waals surface area (Å²) in [5, 5.41) is 3.50. The fourth-order valence-corrected chi connectivity index (χ4v) is 5.67. The number of aliphatic imine (C=N–C) groups is 1. The first-order chi connectivity index (χ1) is 13.8. The third kappa shape index (κ3) is 5.19. The molecule has 6 nitrogen and oxygen atoms in total. The van der Waals surface area contributed by atoms with Gasteiger partial charge in [0.1, 0.15) is 0 Å². The van der Waals surface area contributed by atoms with E-state index in [0.717, 1.165) is 89.3 Å². The zero-order valence-electron chi connectivity index (χ0n) is 17.8. The van der Waals surface area contributed by atoms with Gasteiger partial charge in [-0.2, -0.15) is 0 Å². The van der Waals surface area contributed by atoms with Crippen molar-refractivity contribution in [2.75, 3.05) is 65.7 Å². The third-order valence-corrected chi connectivity index (χ3v) is 7.20. The average molecular weight is 393 g/mol. The molecule has 4 atom stereocenters. The highest BCUT2D eigenvalue weighted by atomic mass is 16.5. The minimum atomic E-state index is 0.604. The normalized spacial score (nSPS) is 33.8. The van der Waals surface area contributed by atoms with Crippen molar-refractivity contribution in [1.29, 1.82) is 0 Å². The van der Waals surface area contributed by atoms with E-state index in [0.29, 0.717) is 5.92 Å². The van der Waals surface area contributed by atoms with Crippen molar-refractivity contribution in [3.8, 4) is 0 Å². The van der Waals surface area contributed by atoms with Gasteiger partial charge in [-0.1, -0.05) is 6.42 Å². The molecule has 1 N–H and O–H groups in total. The maximum absolute atomic E-state index is 5.81. The maximum Gasteiger partial charge on any atom is 0.194 e. The lowest BCUT2D eigenvalue weighted by Gasteiger charge is -2.42. The fraction of sp³-hybridized carbons (Fsp3) is 0.955. The Morgan fingerprint density at radius 3 is 2.71 bits per heavy atom. The second kappa shape index (κ2) is 10.3. The van der Waals surface area contributed by atoms with Crippen molar-refractivity contribution >= 4 is 5.96 Å². The number of nitrogens with zero attached hydrogens (tertiary/aromatic N) is 3. The Bertz CT molecular complexity index is 501.